The SMILES string of the molecule is OC(CCc1ccccc1)c1cc2c(s1)CCCCC2. The quantitative estimate of drug-likeness (QED) is 0.809. The number of hydrogen-bond acceptors (Lipinski definition) is 2. The van der Waals surface area contributed by atoms with Gasteiger partial charge in [0.25, 0.3) is 0 Å². The molecule has 0 aliphatic heterocycles. The Morgan fingerprint density at radius 1 is 1.05 bits per heavy atom. The summed E-state index contributed by atoms with van der Waals surface area (Å²) >= 11 is 1.84. The summed E-state index contributed by atoms with van der Waals surface area (Å²) in [6.07, 6.45) is 7.87. The number of thiophene rings is 1. The van der Waals surface area contributed by atoms with Gasteiger partial charge in [0.2, 0.25) is 0 Å². The highest BCUT2D eigenvalue weighted by atomic mass is 32.1. The van der Waals surface area contributed by atoms with Gasteiger partial charge in [0.05, 0.1) is 6.10 Å². The van der Waals surface area contributed by atoms with Crippen molar-refractivity contribution in [2.45, 2.75) is 51.0 Å². The third kappa shape index (κ3) is 3.31. The van der Waals surface area contributed by atoms with Crippen LogP contribution in [0.1, 0.15) is 52.7 Å². The Balaban J connectivity index is 1.64. The predicted octanol–water partition coefficient (Wildman–Crippen LogP) is 4.68. The molecule has 1 nitrogen and oxygen atoms in total. The van der Waals surface area contributed by atoms with Gasteiger partial charge in [0.1, 0.15) is 0 Å². The van der Waals surface area contributed by atoms with Crippen molar-refractivity contribution in [2.75, 3.05) is 0 Å². The maximum Gasteiger partial charge on any atom is 0.0885 e. The summed E-state index contributed by atoms with van der Waals surface area (Å²) in [5.74, 6) is 0. The molecule has 2 heteroatoms. The largest absolute Gasteiger partial charge is 0.388 e. The molecule has 0 fully saturated rings. The summed E-state index contributed by atoms with van der Waals surface area (Å²) in [4.78, 5) is 2.70. The molecule has 1 aromatic heterocycles. The fraction of sp³-hybridized carbons (Fsp3) is 0.444. The molecule has 0 radical (unpaired) electrons. The zero-order chi connectivity index (χ0) is 13.8. The van der Waals surface area contributed by atoms with E-state index >= 15 is 0 Å². The van der Waals surface area contributed by atoms with Crippen molar-refractivity contribution >= 4 is 11.3 Å². The summed E-state index contributed by atoms with van der Waals surface area (Å²) in [6, 6.07) is 12.7. The first-order chi connectivity index (χ1) is 9.83. The number of benzene rings is 1. The molecule has 0 saturated heterocycles. The van der Waals surface area contributed by atoms with Crippen molar-refractivity contribution in [3.05, 3.63) is 57.3 Å². The van der Waals surface area contributed by atoms with Crippen LogP contribution in [0.15, 0.2) is 36.4 Å². The van der Waals surface area contributed by atoms with Gasteiger partial charge in [0, 0.05) is 9.75 Å². The van der Waals surface area contributed by atoms with Crippen LogP contribution in [0.4, 0.5) is 0 Å². The van der Waals surface area contributed by atoms with Crippen LogP contribution in [0.3, 0.4) is 0 Å². The molecule has 20 heavy (non-hydrogen) atoms. The summed E-state index contributed by atoms with van der Waals surface area (Å²) in [5, 5.41) is 10.4. The average Bonchev–Trinajstić information content (AvgIpc) is 2.77. The van der Waals surface area contributed by atoms with Gasteiger partial charge in [-0.3, -0.25) is 0 Å². The molecule has 3 rings (SSSR count). The Morgan fingerprint density at radius 3 is 2.70 bits per heavy atom. The zero-order valence-corrected chi connectivity index (χ0v) is 12.7. The second-order valence-electron chi connectivity index (χ2n) is 5.70. The van der Waals surface area contributed by atoms with Gasteiger partial charge in [-0.15, -0.1) is 11.3 Å². The number of aryl methyl sites for hydroxylation is 3. The van der Waals surface area contributed by atoms with Gasteiger partial charge in [-0.1, -0.05) is 36.8 Å². The first-order valence-electron chi connectivity index (χ1n) is 7.66. The molecule has 0 saturated carbocycles. The minimum Gasteiger partial charge on any atom is -0.388 e. The molecule has 1 N–H and O–H groups in total. The lowest BCUT2D eigenvalue weighted by atomic mass is 10.0. The molecule has 1 aliphatic rings. The first-order valence-corrected chi connectivity index (χ1v) is 8.48. The number of hydrogen-bond donors (Lipinski definition) is 1. The number of rotatable bonds is 4. The molecule has 1 heterocycles. The Labute approximate surface area is 125 Å². The van der Waals surface area contributed by atoms with Crippen LogP contribution >= 0.6 is 11.3 Å². The fourth-order valence-electron chi connectivity index (χ4n) is 2.94. The van der Waals surface area contributed by atoms with Crippen molar-refractivity contribution in [3.63, 3.8) is 0 Å². The molecule has 2 aromatic rings. The third-order valence-corrected chi connectivity index (χ3v) is 5.48. The zero-order valence-electron chi connectivity index (χ0n) is 11.8. The molecule has 106 valence electrons. The minimum atomic E-state index is -0.299. The molecular weight excluding hydrogens is 264 g/mol. The maximum absolute atomic E-state index is 10.4. The number of fused-ring (bicyclic) bond motifs is 1. The van der Waals surface area contributed by atoms with Gasteiger partial charge < -0.3 is 5.11 Å². The Kier molecular flexibility index (Phi) is 4.54. The first kappa shape index (κ1) is 13.8. The van der Waals surface area contributed by atoms with E-state index in [0.717, 1.165) is 12.8 Å². The highest BCUT2D eigenvalue weighted by molar-refractivity contribution is 7.12. The summed E-state index contributed by atoms with van der Waals surface area (Å²) in [7, 11) is 0. The van der Waals surface area contributed by atoms with E-state index in [0.29, 0.717) is 0 Å². The average molecular weight is 286 g/mol. The summed E-state index contributed by atoms with van der Waals surface area (Å²) in [5.41, 5.74) is 2.81. The van der Waals surface area contributed by atoms with E-state index < -0.39 is 0 Å². The topological polar surface area (TPSA) is 20.2 Å². The van der Waals surface area contributed by atoms with Crippen molar-refractivity contribution < 1.29 is 5.11 Å². The van der Waals surface area contributed by atoms with E-state index in [1.54, 1.807) is 0 Å². The van der Waals surface area contributed by atoms with Gasteiger partial charge in [-0.2, -0.15) is 0 Å². The predicted molar refractivity (Wildman–Crippen MR) is 85.3 cm³/mol. The Morgan fingerprint density at radius 2 is 1.85 bits per heavy atom. The van der Waals surface area contributed by atoms with Gasteiger partial charge in [-0.25, -0.2) is 0 Å². The maximum atomic E-state index is 10.4. The molecule has 0 spiro atoms. The molecule has 1 atom stereocenters. The van der Waals surface area contributed by atoms with Crippen molar-refractivity contribution in [1.29, 1.82) is 0 Å². The van der Waals surface area contributed by atoms with Crippen molar-refractivity contribution in [3.8, 4) is 0 Å². The Hall–Kier alpha value is -1.12. The van der Waals surface area contributed by atoms with E-state index in [2.05, 4.69) is 30.3 Å². The third-order valence-electron chi connectivity index (χ3n) is 4.14. The lowest BCUT2D eigenvalue weighted by Crippen LogP contribution is -1.97. The van der Waals surface area contributed by atoms with Crippen molar-refractivity contribution in [1.82, 2.24) is 0 Å². The van der Waals surface area contributed by atoms with Crippen LogP contribution in [0, 0.1) is 0 Å². The molecule has 1 aliphatic carbocycles. The van der Waals surface area contributed by atoms with Crippen LogP contribution in [0.5, 0.6) is 0 Å². The molecule has 1 unspecified atom stereocenters. The molecule has 1 aromatic carbocycles. The van der Waals surface area contributed by atoms with E-state index in [9.17, 15) is 5.11 Å². The number of aliphatic hydroxyl groups excluding tert-OH is 1. The molecular formula is C18H22OS. The molecule has 0 bridgehead atoms. The van der Waals surface area contributed by atoms with Crippen LogP contribution in [-0.4, -0.2) is 5.11 Å². The standard InChI is InChI=1S/C18H22OS/c19-16(12-11-14-7-3-1-4-8-14)18-13-15-9-5-2-6-10-17(15)20-18/h1,3-4,7-8,13,16,19H,2,5-6,9-12H2. The highest BCUT2D eigenvalue weighted by Gasteiger charge is 2.16. The lowest BCUT2D eigenvalue weighted by molar-refractivity contribution is 0.171. The van der Waals surface area contributed by atoms with Crippen LogP contribution in [0.25, 0.3) is 0 Å². The Bertz CT molecular complexity index is 520. The van der Waals surface area contributed by atoms with Gasteiger partial charge in [0.15, 0.2) is 0 Å². The normalized spacial score (nSPS) is 16.4. The smallest absolute Gasteiger partial charge is 0.0885 e. The van der Waals surface area contributed by atoms with Crippen LogP contribution in [0.2, 0.25) is 0 Å². The minimum absolute atomic E-state index is 0.299. The fourth-order valence-corrected chi connectivity index (χ4v) is 4.22. The van der Waals surface area contributed by atoms with E-state index in [4.69, 9.17) is 0 Å². The monoisotopic (exact) mass is 286 g/mol. The summed E-state index contributed by atoms with van der Waals surface area (Å²) in [6.45, 7) is 0. The van der Waals surface area contributed by atoms with Gasteiger partial charge in [-0.05, 0) is 55.7 Å². The second-order valence-corrected chi connectivity index (χ2v) is 6.87. The molecule has 0 amide bonds. The highest BCUT2D eigenvalue weighted by Crippen LogP contribution is 2.33. The lowest BCUT2D eigenvalue weighted by Gasteiger charge is -2.08. The second kappa shape index (κ2) is 6.55. The summed E-state index contributed by atoms with van der Waals surface area (Å²) < 4.78 is 0. The van der Waals surface area contributed by atoms with Crippen LogP contribution < -0.4 is 0 Å². The van der Waals surface area contributed by atoms with Crippen LogP contribution in [-0.2, 0) is 19.3 Å². The van der Waals surface area contributed by atoms with E-state index in [-0.39, 0.29) is 6.10 Å². The van der Waals surface area contributed by atoms with Crippen molar-refractivity contribution in [2.24, 2.45) is 0 Å². The van der Waals surface area contributed by atoms with E-state index in [1.807, 2.05) is 17.4 Å². The van der Waals surface area contributed by atoms with E-state index in [1.165, 1.54) is 53.0 Å². The number of aliphatic hydroxyl groups is 1. The van der Waals surface area contributed by atoms with Gasteiger partial charge >= 0.3 is 0 Å².